The van der Waals surface area contributed by atoms with Crippen molar-refractivity contribution in [2.75, 3.05) is 11.5 Å². The molecule has 1 atom stereocenters. The van der Waals surface area contributed by atoms with Crippen molar-refractivity contribution in [1.29, 1.82) is 0 Å². The van der Waals surface area contributed by atoms with Gasteiger partial charge in [-0.2, -0.15) is 0 Å². The van der Waals surface area contributed by atoms with E-state index in [0.717, 1.165) is 11.5 Å². The summed E-state index contributed by atoms with van der Waals surface area (Å²) in [6.45, 7) is 6.82. The van der Waals surface area contributed by atoms with Gasteiger partial charge in [0.2, 0.25) is 0 Å². The van der Waals surface area contributed by atoms with Gasteiger partial charge >= 0.3 is 12.0 Å². The van der Waals surface area contributed by atoms with Crippen LogP contribution in [-0.4, -0.2) is 41.1 Å². The summed E-state index contributed by atoms with van der Waals surface area (Å²) in [6.07, 6.45) is -1.08. The molecule has 2 rings (SSSR count). The Morgan fingerprint density at radius 1 is 1.12 bits per heavy atom. The van der Waals surface area contributed by atoms with Gasteiger partial charge in [0.1, 0.15) is 0 Å². The molecule has 1 saturated heterocycles. The van der Waals surface area contributed by atoms with Crippen LogP contribution in [0.2, 0.25) is 0 Å². The third kappa shape index (κ3) is 6.25. The highest BCUT2D eigenvalue weighted by molar-refractivity contribution is 8.19. The van der Waals surface area contributed by atoms with E-state index in [1.165, 1.54) is 12.5 Å². The van der Waals surface area contributed by atoms with E-state index in [4.69, 9.17) is 4.74 Å². The van der Waals surface area contributed by atoms with E-state index in [2.05, 4.69) is 10.6 Å². The molecule has 26 heavy (non-hydrogen) atoms. The second-order valence-electron chi connectivity index (χ2n) is 6.94. The monoisotopic (exact) mass is 396 g/mol. The number of hydrogen-bond acceptors (Lipinski definition) is 6. The van der Waals surface area contributed by atoms with Crippen LogP contribution in [-0.2, 0) is 9.53 Å². The van der Waals surface area contributed by atoms with Gasteiger partial charge < -0.3 is 10.1 Å². The number of benzene rings is 1. The lowest BCUT2D eigenvalue weighted by atomic mass is 10.1. The predicted octanol–water partition coefficient (Wildman–Crippen LogP) is 3.33. The minimum atomic E-state index is -1.08. The second-order valence-corrected chi connectivity index (χ2v) is 9.66. The number of carbonyl (C=O) groups is 3. The van der Waals surface area contributed by atoms with Crippen LogP contribution in [0.15, 0.2) is 24.3 Å². The molecule has 1 aromatic carbocycles. The van der Waals surface area contributed by atoms with E-state index in [-0.39, 0.29) is 0 Å². The summed E-state index contributed by atoms with van der Waals surface area (Å²) in [7, 11) is 0. The van der Waals surface area contributed by atoms with Gasteiger partial charge in [-0.3, -0.25) is 10.1 Å². The molecule has 1 aromatic rings. The average Bonchev–Trinajstić information content (AvgIpc) is 3.07. The number of ether oxygens (including phenoxy) is 1. The topological polar surface area (TPSA) is 84.5 Å². The fraction of sp³-hybridized carbons (Fsp3) is 0.500. The summed E-state index contributed by atoms with van der Waals surface area (Å²) in [4.78, 5) is 35.9. The smallest absolute Gasteiger partial charge is 0.338 e. The molecule has 0 radical (unpaired) electrons. The first-order valence-corrected chi connectivity index (χ1v) is 10.4. The van der Waals surface area contributed by atoms with Crippen molar-refractivity contribution in [2.45, 2.75) is 43.9 Å². The normalized spacial score (nSPS) is 16.0. The minimum Gasteiger partial charge on any atom is -0.449 e. The van der Waals surface area contributed by atoms with Gasteiger partial charge in [0, 0.05) is 17.0 Å². The van der Waals surface area contributed by atoms with E-state index in [0.29, 0.717) is 10.1 Å². The van der Waals surface area contributed by atoms with Gasteiger partial charge in [0.05, 0.1) is 10.1 Å². The van der Waals surface area contributed by atoms with Crippen molar-refractivity contribution < 1.29 is 19.1 Å². The Morgan fingerprint density at radius 3 is 2.23 bits per heavy atom. The Labute approximate surface area is 162 Å². The molecule has 0 unspecified atom stereocenters. The SMILES string of the molecule is C[C@@H](OC(=O)c1ccc(C2SCCS2)cc1)C(=O)NC(=O)NC(C)(C)C. The number of carbonyl (C=O) groups excluding carboxylic acids is 3. The molecular weight excluding hydrogens is 372 g/mol. The molecule has 0 bridgehead atoms. The Balaban J connectivity index is 1.87. The molecule has 1 heterocycles. The molecule has 0 spiro atoms. The first-order valence-electron chi connectivity index (χ1n) is 8.33. The first-order chi connectivity index (χ1) is 12.2. The lowest BCUT2D eigenvalue weighted by molar-refractivity contribution is -0.127. The zero-order valence-corrected chi connectivity index (χ0v) is 17.0. The van der Waals surface area contributed by atoms with Crippen LogP contribution in [0.4, 0.5) is 4.79 Å². The Hall–Kier alpha value is -1.67. The van der Waals surface area contributed by atoms with Crippen molar-refractivity contribution in [3.05, 3.63) is 35.4 Å². The van der Waals surface area contributed by atoms with Crippen LogP contribution in [0.1, 0.15) is 48.2 Å². The standard InChI is InChI=1S/C18H24N2O4S2/c1-11(14(21)19-17(23)20-18(2,3)4)24-15(22)12-5-7-13(8-6-12)16-25-9-10-26-16/h5-8,11,16H,9-10H2,1-4H3,(H2,19,20,21,23)/t11-/m1/s1. The molecular formula is C18H24N2O4S2. The maximum atomic E-state index is 12.2. The zero-order chi connectivity index (χ0) is 19.3. The van der Waals surface area contributed by atoms with Crippen LogP contribution >= 0.6 is 23.5 Å². The van der Waals surface area contributed by atoms with Gasteiger partial charge in [-0.25, -0.2) is 9.59 Å². The second kappa shape index (κ2) is 8.81. The van der Waals surface area contributed by atoms with Crippen molar-refractivity contribution in [3.63, 3.8) is 0 Å². The van der Waals surface area contributed by atoms with Crippen LogP contribution in [0, 0.1) is 0 Å². The number of thioether (sulfide) groups is 2. The molecule has 1 fully saturated rings. The van der Waals surface area contributed by atoms with E-state index in [9.17, 15) is 14.4 Å². The molecule has 2 N–H and O–H groups in total. The van der Waals surface area contributed by atoms with Crippen molar-refractivity contribution in [1.82, 2.24) is 10.6 Å². The van der Waals surface area contributed by atoms with E-state index < -0.39 is 29.6 Å². The number of imide groups is 1. The minimum absolute atomic E-state index is 0.375. The summed E-state index contributed by atoms with van der Waals surface area (Å²) < 4.78 is 5.56. The van der Waals surface area contributed by atoms with E-state index in [1.807, 2.05) is 35.7 Å². The largest absolute Gasteiger partial charge is 0.449 e. The highest BCUT2D eigenvalue weighted by atomic mass is 32.2. The predicted molar refractivity (Wildman–Crippen MR) is 105 cm³/mol. The number of hydrogen-bond donors (Lipinski definition) is 2. The summed E-state index contributed by atoms with van der Waals surface area (Å²) in [5, 5.41) is 4.78. The number of amides is 3. The van der Waals surface area contributed by atoms with Crippen LogP contribution in [0.25, 0.3) is 0 Å². The van der Waals surface area contributed by atoms with Crippen molar-refractivity contribution in [3.8, 4) is 0 Å². The fourth-order valence-electron chi connectivity index (χ4n) is 2.19. The molecule has 6 nitrogen and oxygen atoms in total. The summed E-state index contributed by atoms with van der Waals surface area (Å²) >= 11 is 3.78. The van der Waals surface area contributed by atoms with Gasteiger partial charge in [-0.1, -0.05) is 12.1 Å². The van der Waals surface area contributed by atoms with Crippen molar-refractivity contribution >= 4 is 41.4 Å². The van der Waals surface area contributed by atoms with Gasteiger partial charge in [-0.15, -0.1) is 23.5 Å². The van der Waals surface area contributed by atoms with E-state index >= 15 is 0 Å². The Bertz CT molecular complexity index is 665. The fourth-order valence-corrected chi connectivity index (χ4v) is 5.05. The van der Waals surface area contributed by atoms with Gasteiger partial charge in [-0.05, 0) is 45.4 Å². The average molecular weight is 397 g/mol. The molecule has 1 aliphatic heterocycles. The summed E-state index contributed by atoms with van der Waals surface area (Å²) in [5.74, 6) is 1.00. The zero-order valence-electron chi connectivity index (χ0n) is 15.3. The number of nitrogens with one attached hydrogen (secondary N) is 2. The molecule has 0 aromatic heterocycles. The van der Waals surface area contributed by atoms with Crippen molar-refractivity contribution in [2.24, 2.45) is 0 Å². The molecule has 8 heteroatoms. The molecule has 0 saturated carbocycles. The van der Waals surface area contributed by atoms with E-state index in [1.54, 1.807) is 32.9 Å². The maximum absolute atomic E-state index is 12.2. The number of rotatable bonds is 4. The van der Waals surface area contributed by atoms with Gasteiger partial charge in [0.15, 0.2) is 6.10 Å². The Kier molecular flexibility index (Phi) is 7.00. The maximum Gasteiger partial charge on any atom is 0.338 e. The van der Waals surface area contributed by atoms with Crippen LogP contribution < -0.4 is 10.6 Å². The summed E-state index contributed by atoms with van der Waals surface area (Å²) in [6, 6.07) is 6.60. The Morgan fingerprint density at radius 2 is 1.69 bits per heavy atom. The van der Waals surface area contributed by atoms with Gasteiger partial charge in [0.25, 0.3) is 5.91 Å². The molecule has 1 aliphatic rings. The highest BCUT2D eigenvalue weighted by Crippen LogP contribution is 2.45. The molecule has 3 amide bonds. The molecule has 0 aliphatic carbocycles. The van der Waals surface area contributed by atoms with Crippen LogP contribution in [0.5, 0.6) is 0 Å². The lowest BCUT2D eigenvalue weighted by Gasteiger charge is -2.21. The third-order valence-electron chi connectivity index (χ3n) is 3.42. The quantitative estimate of drug-likeness (QED) is 0.760. The number of esters is 1. The first kappa shape index (κ1) is 20.6. The summed E-state index contributed by atoms with van der Waals surface area (Å²) in [5.41, 5.74) is 1.07. The lowest BCUT2D eigenvalue weighted by Crippen LogP contribution is -2.50. The third-order valence-corrected chi connectivity index (χ3v) is 6.52. The molecule has 142 valence electrons. The highest BCUT2D eigenvalue weighted by Gasteiger charge is 2.23. The van der Waals surface area contributed by atoms with Crippen LogP contribution in [0.3, 0.4) is 0 Å². The number of urea groups is 1.